The van der Waals surface area contributed by atoms with Gasteiger partial charge in [0.25, 0.3) is 0 Å². The number of nitrogens with one attached hydrogen (secondary N) is 1. The van der Waals surface area contributed by atoms with Crippen molar-refractivity contribution in [2.75, 3.05) is 13.1 Å². The van der Waals surface area contributed by atoms with E-state index in [-0.39, 0.29) is 24.2 Å². The lowest BCUT2D eigenvalue weighted by Crippen LogP contribution is -2.55. The largest absolute Gasteiger partial charge is 0.573 e. The number of ether oxygens (including phenoxy) is 1. The summed E-state index contributed by atoms with van der Waals surface area (Å²) in [7, 11) is 0. The van der Waals surface area contributed by atoms with Crippen LogP contribution >= 0.6 is 0 Å². The lowest BCUT2D eigenvalue weighted by atomic mass is 10.0. The standard InChI is InChI=1S/C18H22F4N4O3/c19-15-8-14(29-18(20,21)22)6-3-11(15)9-24-17(28)25-7-1-2-13(10-25)26(16(23)27)12-4-5-12/h3,6,8,12-13H,1-2,4-5,7,9-10H2,(H2,23,27)(H,24,28)/t13-/m1/s1. The minimum absolute atomic E-state index is 0.0261. The first kappa shape index (κ1) is 21.0. The second kappa shape index (κ2) is 8.34. The van der Waals surface area contributed by atoms with E-state index >= 15 is 0 Å². The van der Waals surface area contributed by atoms with Crippen LogP contribution in [0.5, 0.6) is 5.75 Å². The number of rotatable bonds is 5. The molecule has 29 heavy (non-hydrogen) atoms. The van der Waals surface area contributed by atoms with Gasteiger partial charge in [-0.25, -0.2) is 14.0 Å². The number of urea groups is 2. The Morgan fingerprint density at radius 3 is 2.55 bits per heavy atom. The second-order valence-electron chi connectivity index (χ2n) is 7.18. The summed E-state index contributed by atoms with van der Waals surface area (Å²) in [6.07, 6.45) is -1.66. The topological polar surface area (TPSA) is 87.9 Å². The Hall–Kier alpha value is -2.72. The van der Waals surface area contributed by atoms with Crippen molar-refractivity contribution in [1.29, 1.82) is 0 Å². The zero-order valence-electron chi connectivity index (χ0n) is 15.5. The minimum atomic E-state index is -4.91. The summed E-state index contributed by atoms with van der Waals surface area (Å²) in [4.78, 5) is 27.3. The molecule has 11 heteroatoms. The van der Waals surface area contributed by atoms with Crippen LogP contribution in [0.25, 0.3) is 0 Å². The number of benzene rings is 1. The number of carbonyl (C=O) groups is 2. The fourth-order valence-electron chi connectivity index (χ4n) is 3.53. The monoisotopic (exact) mass is 418 g/mol. The molecule has 160 valence electrons. The average Bonchev–Trinajstić information content (AvgIpc) is 3.44. The summed E-state index contributed by atoms with van der Waals surface area (Å²) in [5.74, 6) is -1.59. The van der Waals surface area contributed by atoms with Crippen molar-refractivity contribution < 1.29 is 31.9 Å². The van der Waals surface area contributed by atoms with Crippen LogP contribution in [0.15, 0.2) is 18.2 Å². The summed E-state index contributed by atoms with van der Waals surface area (Å²) in [5, 5.41) is 2.56. The van der Waals surface area contributed by atoms with Gasteiger partial charge in [-0.2, -0.15) is 0 Å². The second-order valence-corrected chi connectivity index (χ2v) is 7.18. The Morgan fingerprint density at radius 1 is 1.24 bits per heavy atom. The maximum atomic E-state index is 14.0. The number of alkyl halides is 3. The first-order valence-corrected chi connectivity index (χ1v) is 9.29. The van der Waals surface area contributed by atoms with Gasteiger partial charge < -0.3 is 25.6 Å². The van der Waals surface area contributed by atoms with Crippen molar-refractivity contribution in [1.82, 2.24) is 15.1 Å². The molecule has 1 heterocycles. The van der Waals surface area contributed by atoms with Crippen molar-refractivity contribution >= 4 is 12.1 Å². The molecule has 3 rings (SSSR count). The van der Waals surface area contributed by atoms with Crippen LogP contribution in [-0.2, 0) is 6.54 Å². The van der Waals surface area contributed by atoms with Gasteiger partial charge in [0.05, 0.1) is 6.04 Å². The van der Waals surface area contributed by atoms with E-state index in [1.807, 2.05) is 0 Å². The van der Waals surface area contributed by atoms with Crippen LogP contribution < -0.4 is 15.8 Å². The molecule has 2 aliphatic rings. The van der Waals surface area contributed by atoms with Gasteiger partial charge in [-0.15, -0.1) is 13.2 Å². The molecule has 0 bridgehead atoms. The van der Waals surface area contributed by atoms with Gasteiger partial charge in [-0.05, 0) is 31.7 Å². The normalized spacial score (nSPS) is 19.6. The highest BCUT2D eigenvalue weighted by Crippen LogP contribution is 2.31. The van der Waals surface area contributed by atoms with Crippen LogP contribution in [-0.4, -0.2) is 53.4 Å². The first-order valence-electron chi connectivity index (χ1n) is 9.29. The van der Waals surface area contributed by atoms with Gasteiger partial charge in [-0.3, -0.25) is 0 Å². The number of nitrogens with two attached hydrogens (primary N) is 1. The molecule has 4 amide bonds. The summed E-state index contributed by atoms with van der Waals surface area (Å²) in [5.41, 5.74) is 5.50. The van der Waals surface area contributed by atoms with Gasteiger partial charge in [-0.1, -0.05) is 6.07 Å². The first-order chi connectivity index (χ1) is 13.6. The maximum Gasteiger partial charge on any atom is 0.573 e. The molecule has 1 atom stereocenters. The molecule has 1 aromatic carbocycles. The van der Waals surface area contributed by atoms with E-state index in [2.05, 4.69) is 10.1 Å². The predicted molar refractivity (Wildman–Crippen MR) is 94.4 cm³/mol. The van der Waals surface area contributed by atoms with E-state index in [9.17, 15) is 27.2 Å². The molecular formula is C18H22F4N4O3. The molecule has 0 aromatic heterocycles. The van der Waals surface area contributed by atoms with E-state index in [0.717, 1.165) is 31.4 Å². The zero-order valence-corrected chi connectivity index (χ0v) is 15.5. The molecule has 1 aromatic rings. The van der Waals surface area contributed by atoms with Crippen LogP contribution in [0.2, 0.25) is 0 Å². The molecule has 1 saturated carbocycles. The number of nitrogens with zero attached hydrogens (tertiary/aromatic N) is 2. The Morgan fingerprint density at radius 2 is 1.97 bits per heavy atom. The molecule has 1 aliphatic heterocycles. The van der Waals surface area contributed by atoms with Crippen molar-refractivity contribution in [3.8, 4) is 5.75 Å². The number of carbonyl (C=O) groups excluding carboxylic acids is 2. The third-order valence-corrected chi connectivity index (χ3v) is 4.96. The number of halogens is 4. The summed E-state index contributed by atoms with van der Waals surface area (Å²) < 4.78 is 54.2. The van der Waals surface area contributed by atoms with E-state index in [0.29, 0.717) is 25.6 Å². The molecular weight excluding hydrogens is 396 g/mol. The quantitative estimate of drug-likeness (QED) is 0.721. The lowest BCUT2D eigenvalue weighted by molar-refractivity contribution is -0.274. The van der Waals surface area contributed by atoms with E-state index in [1.165, 1.54) is 4.90 Å². The molecule has 7 nitrogen and oxygen atoms in total. The SMILES string of the molecule is NC(=O)N(C1CC1)[C@@H]1CCCN(C(=O)NCc2ccc(OC(F)(F)F)cc2F)C1. The van der Waals surface area contributed by atoms with E-state index in [4.69, 9.17) is 5.73 Å². The number of hydrogen-bond acceptors (Lipinski definition) is 3. The van der Waals surface area contributed by atoms with Crippen LogP contribution in [0.3, 0.4) is 0 Å². The number of likely N-dealkylation sites (tertiary alicyclic amines) is 1. The lowest BCUT2D eigenvalue weighted by Gasteiger charge is -2.38. The van der Waals surface area contributed by atoms with Crippen molar-refractivity contribution in [2.24, 2.45) is 5.73 Å². The van der Waals surface area contributed by atoms with E-state index in [1.54, 1.807) is 4.90 Å². The fraction of sp³-hybridized carbons (Fsp3) is 0.556. The van der Waals surface area contributed by atoms with Crippen molar-refractivity contribution in [3.05, 3.63) is 29.6 Å². The van der Waals surface area contributed by atoms with Gasteiger partial charge in [0.1, 0.15) is 11.6 Å². The molecule has 0 spiro atoms. The molecule has 0 unspecified atom stereocenters. The number of piperidine rings is 1. The Balaban J connectivity index is 1.55. The molecule has 2 fully saturated rings. The smallest absolute Gasteiger partial charge is 0.406 e. The van der Waals surface area contributed by atoms with Crippen molar-refractivity contribution in [3.63, 3.8) is 0 Å². The molecule has 1 saturated heterocycles. The summed E-state index contributed by atoms with van der Waals surface area (Å²) in [6.45, 7) is 0.618. The summed E-state index contributed by atoms with van der Waals surface area (Å²) in [6, 6.07) is 1.76. The molecule has 1 aliphatic carbocycles. The van der Waals surface area contributed by atoms with Crippen LogP contribution in [0.1, 0.15) is 31.2 Å². The maximum absolute atomic E-state index is 14.0. The average molecular weight is 418 g/mol. The third-order valence-electron chi connectivity index (χ3n) is 4.96. The van der Waals surface area contributed by atoms with Gasteiger partial charge >= 0.3 is 18.4 Å². The fourth-order valence-corrected chi connectivity index (χ4v) is 3.53. The third kappa shape index (κ3) is 5.64. The zero-order chi connectivity index (χ0) is 21.2. The number of primary amides is 1. The highest BCUT2D eigenvalue weighted by atomic mass is 19.4. The highest BCUT2D eigenvalue weighted by Gasteiger charge is 2.38. The van der Waals surface area contributed by atoms with Gasteiger partial charge in [0, 0.05) is 37.3 Å². The number of hydrogen-bond donors (Lipinski definition) is 2. The van der Waals surface area contributed by atoms with Gasteiger partial charge in [0.2, 0.25) is 0 Å². The minimum Gasteiger partial charge on any atom is -0.406 e. The van der Waals surface area contributed by atoms with Crippen LogP contribution in [0.4, 0.5) is 27.2 Å². The Bertz CT molecular complexity index is 770. The Kier molecular flexibility index (Phi) is 6.04. The van der Waals surface area contributed by atoms with Crippen molar-refractivity contribution in [2.45, 2.75) is 50.7 Å². The molecule has 3 N–H and O–H groups in total. The predicted octanol–water partition coefficient (Wildman–Crippen LogP) is 2.94. The Labute approximate surface area is 164 Å². The van der Waals surface area contributed by atoms with Gasteiger partial charge in [0.15, 0.2) is 0 Å². The molecule has 0 radical (unpaired) electrons. The summed E-state index contributed by atoms with van der Waals surface area (Å²) >= 11 is 0. The van der Waals surface area contributed by atoms with Crippen LogP contribution in [0, 0.1) is 5.82 Å². The van der Waals surface area contributed by atoms with E-state index < -0.39 is 30.0 Å². The highest BCUT2D eigenvalue weighted by molar-refractivity contribution is 5.75. The number of amides is 4.